The van der Waals surface area contributed by atoms with Gasteiger partial charge in [-0.1, -0.05) is 60.7 Å². The van der Waals surface area contributed by atoms with Gasteiger partial charge in [-0.15, -0.1) is 11.3 Å². The second-order valence-electron chi connectivity index (χ2n) is 6.63. The molecule has 29 heavy (non-hydrogen) atoms. The van der Waals surface area contributed by atoms with Gasteiger partial charge >= 0.3 is 0 Å². The van der Waals surface area contributed by atoms with E-state index in [0.717, 1.165) is 21.7 Å². The van der Waals surface area contributed by atoms with Gasteiger partial charge in [0.2, 0.25) is 0 Å². The van der Waals surface area contributed by atoms with Gasteiger partial charge in [0.1, 0.15) is 5.69 Å². The number of nitrogens with one attached hydrogen (secondary N) is 1. The fourth-order valence-corrected chi connectivity index (χ4v) is 3.67. The number of carbonyl (C=O) groups excluding carboxylic acids is 1. The van der Waals surface area contributed by atoms with Gasteiger partial charge in [-0.2, -0.15) is 10.2 Å². The molecule has 0 spiro atoms. The molecule has 1 amide bonds. The molecule has 2 aromatic heterocycles. The van der Waals surface area contributed by atoms with Crippen LogP contribution in [-0.4, -0.2) is 21.9 Å². The molecule has 4 aromatic rings. The van der Waals surface area contributed by atoms with E-state index in [1.54, 1.807) is 17.6 Å². The van der Waals surface area contributed by atoms with Crippen molar-refractivity contribution in [3.63, 3.8) is 0 Å². The normalized spacial score (nSPS) is 11.1. The molecule has 5 nitrogen and oxygen atoms in total. The first kappa shape index (κ1) is 18.8. The van der Waals surface area contributed by atoms with E-state index < -0.39 is 0 Å². The van der Waals surface area contributed by atoms with Crippen molar-refractivity contribution in [1.82, 2.24) is 15.2 Å². The van der Waals surface area contributed by atoms with Crippen LogP contribution >= 0.6 is 11.3 Å². The zero-order chi connectivity index (χ0) is 20.1. The van der Waals surface area contributed by atoms with E-state index >= 15 is 0 Å². The summed E-state index contributed by atoms with van der Waals surface area (Å²) in [5.41, 5.74) is 7.05. The van der Waals surface area contributed by atoms with Crippen molar-refractivity contribution in [3.05, 3.63) is 99.9 Å². The monoisotopic (exact) mass is 400 g/mol. The third-order valence-corrected chi connectivity index (χ3v) is 5.25. The van der Waals surface area contributed by atoms with Gasteiger partial charge in [-0.05, 0) is 18.6 Å². The molecule has 0 bridgehead atoms. The van der Waals surface area contributed by atoms with Crippen LogP contribution in [0.15, 0.2) is 83.4 Å². The smallest absolute Gasteiger partial charge is 0.267 e. The van der Waals surface area contributed by atoms with Crippen molar-refractivity contribution in [2.75, 3.05) is 0 Å². The highest BCUT2D eigenvalue weighted by atomic mass is 32.1. The molecule has 0 aliphatic rings. The predicted octanol–water partition coefficient (Wildman–Crippen LogP) is 4.73. The molecular formula is C23H20N4OS. The van der Waals surface area contributed by atoms with Crippen LogP contribution in [0.25, 0.3) is 11.3 Å². The van der Waals surface area contributed by atoms with Crippen LogP contribution in [0.5, 0.6) is 0 Å². The summed E-state index contributed by atoms with van der Waals surface area (Å²) >= 11 is 1.54. The van der Waals surface area contributed by atoms with Gasteiger partial charge in [0, 0.05) is 27.6 Å². The van der Waals surface area contributed by atoms with E-state index in [1.807, 2.05) is 77.8 Å². The highest BCUT2D eigenvalue weighted by Gasteiger charge is 2.11. The Labute approximate surface area is 173 Å². The van der Waals surface area contributed by atoms with Crippen molar-refractivity contribution < 1.29 is 4.79 Å². The molecule has 0 unspecified atom stereocenters. The van der Waals surface area contributed by atoms with E-state index in [2.05, 4.69) is 22.7 Å². The molecule has 6 heteroatoms. The number of thiophene rings is 1. The minimum absolute atomic E-state index is 0.219. The molecule has 0 aliphatic carbocycles. The van der Waals surface area contributed by atoms with E-state index in [1.165, 1.54) is 5.56 Å². The Morgan fingerprint density at radius 2 is 1.86 bits per heavy atom. The molecule has 0 aliphatic heterocycles. The second kappa shape index (κ2) is 8.67. The number of nitrogens with zero attached hydrogens (tertiary/aromatic N) is 3. The van der Waals surface area contributed by atoms with Gasteiger partial charge in [-0.25, -0.2) is 5.43 Å². The first-order chi connectivity index (χ1) is 14.2. The summed E-state index contributed by atoms with van der Waals surface area (Å²) in [5.74, 6) is -0.219. The fraction of sp³-hybridized carbons (Fsp3) is 0.0870. The first-order valence-electron chi connectivity index (χ1n) is 9.24. The Morgan fingerprint density at radius 1 is 1.14 bits per heavy atom. The van der Waals surface area contributed by atoms with Crippen LogP contribution < -0.4 is 5.43 Å². The van der Waals surface area contributed by atoms with Crippen molar-refractivity contribution in [1.29, 1.82) is 0 Å². The number of aromatic nitrogens is 2. The summed E-state index contributed by atoms with van der Waals surface area (Å²) in [7, 11) is 0. The maximum atomic E-state index is 12.2. The standard InChI is InChI=1S/C23H20N4OS/c1-17-12-20(16-29-17)23(28)25-24-13-21-15-27(14-18-8-4-2-5-9-18)26-22(21)19-10-6-3-7-11-19/h2-13,15-16H,14H2,1H3,(H,25,28). The summed E-state index contributed by atoms with van der Waals surface area (Å²) in [6.07, 6.45) is 3.59. The van der Waals surface area contributed by atoms with Gasteiger partial charge < -0.3 is 0 Å². The Balaban J connectivity index is 1.57. The molecule has 144 valence electrons. The molecule has 2 aromatic carbocycles. The van der Waals surface area contributed by atoms with Crippen LogP contribution in [-0.2, 0) is 6.54 Å². The van der Waals surface area contributed by atoms with Crippen LogP contribution in [0.4, 0.5) is 0 Å². The lowest BCUT2D eigenvalue weighted by atomic mass is 10.1. The molecule has 0 saturated heterocycles. The lowest BCUT2D eigenvalue weighted by Crippen LogP contribution is -2.16. The largest absolute Gasteiger partial charge is 0.272 e. The van der Waals surface area contributed by atoms with Crippen LogP contribution in [0.1, 0.15) is 26.4 Å². The van der Waals surface area contributed by atoms with Crippen molar-refractivity contribution in [2.45, 2.75) is 13.5 Å². The summed E-state index contributed by atoms with van der Waals surface area (Å²) < 4.78 is 1.89. The van der Waals surface area contributed by atoms with Gasteiger partial charge in [0.25, 0.3) is 5.91 Å². The number of amides is 1. The average Bonchev–Trinajstić information content (AvgIpc) is 3.36. The van der Waals surface area contributed by atoms with E-state index in [0.29, 0.717) is 12.1 Å². The number of hydrazone groups is 1. The first-order valence-corrected chi connectivity index (χ1v) is 10.1. The average molecular weight is 401 g/mol. The topological polar surface area (TPSA) is 59.3 Å². The SMILES string of the molecule is Cc1cc(C(=O)NN=Cc2cn(Cc3ccccc3)nc2-c2ccccc2)cs1. The fourth-order valence-electron chi connectivity index (χ4n) is 2.99. The summed E-state index contributed by atoms with van der Waals surface area (Å²) in [6, 6.07) is 22.0. The molecule has 0 fully saturated rings. The minimum atomic E-state index is -0.219. The van der Waals surface area contributed by atoms with E-state index in [4.69, 9.17) is 5.10 Å². The summed E-state index contributed by atoms with van der Waals surface area (Å²) in [5, 5.41) is 10.7. The number of carbonyl (C=O) groups is 1. The number of hydrogen-bond acceptors (Lipinski definition) is 4. The molecule has 1 N–H and O–H groups in total. The molecule has 0 atom stereocenters. The van der Waals surface area contributed by atoms with Crippen LogP contribution in [0, 0.1) is 6.92 Å². The van der Waals surface area contributed by atoms with Crippen LogP contribution in [0.3, 0.4) is 0 Å². The second-order valence-corrected chi connectivity index (χ2v) is 7.74. The zero-order valence-electron chi connectivity index (χ0n) is 15.9. The maximum absolute atomic E-state index is 12.2. The number of rotatable bonds is 6. The van der Waals surface area contributed by atoms with Gasteiger partial charge in [-0.3, -0.25) is 9.48 Å². The Kier molecular flexibility index (Phi) is 5.63. The molecule has 4 rings (SSSR count). The highest BCUT2D eigenvalue weighted by Crippen LogP contribution is 2.21. The number of hydrogen-bond donors (Lipinski definition) is 1. The Hall–Kier alpha value is -3.51. The summed E-state index contributed by atoms with van der Waals surface area (Å²) in [4.78, 5) is 13.3. The third kappa shape index (κ3) is 4.67. The summed E-state index contributed by atoms with van der Waals surface area (Å²) in [6.45, 7) is 2.63. The minimum Gasteiger partial charge on any atom is -0.267 e. The zero-order valence-corrected chi connectivity index (χ0v) is 16.8. The van der Waals surface area contributed by atoms with Gasteiger partial charge in [0.15, 0.2) is 0 Å². The molecular weight excluding hydrogens is 380 g/mol. The van der Waals surface area contributed by atoms with E-state index in [9.17, 15) is 4.79 Å². The molecule has 2 heterocycles. The third-order valence-electron chi connectivity index (χ3n) is 4.39. The highest BCUT2D eigenvalue weighted by molar-refractivity contribution is 7.10. The Bertz CT molecular complexity index is 1130. The Morgan fingerprint density at radius 3 is 2.55 bits per heavy atom. The lowest BCUT2D eigenvalue weighted by Gasteiger charge is -2.01. The van der Waals surface area contributed by atoms with Crippen molar-refractivity contribution in [2.24, 2.45) is 5.10 Å². The molecule has 0 saturated carbocycles. The maximum Gasteiger partial charge on any atom is 0.272 e. The lowest BCUT2D eigenvalue weighted by molar-refractivity contribution is 0.0955. The number of benzene rings is 2. The number of aryl methyl sites for hydroxylation is 1. The molecule has 0 radical (unpaired) electrons. The quantitative estimate of drug-likeness (QED) is 0.376. The van der Waals surface area contributed by atoms with Gasteiger partial charge in [0.05, 0.1) is 18.3 Å². The van der Waals surface area contributed by atoms with Crippen molar-refractivity contribution >= 4 is 23.5 Å². The van der Waals surface area contributed by atoms with Crippen molar-refractivity contribution in [3.8, 4) is 11.3 Å². The predicted molar refractivity (Wildman–Crippen MR) is 117 cm³/mol. The van der Waals surface area contributed by atoms with Crippen LogP contribution in [0.2, 0.25) is 0 Å². The van der Waals surface area contributed by atoms with E-state index in [-0.39, 0.29) is 5.91 Å².